The van der Waals surface area contributed by atoms with Crippen molar-refractivity contribution in [3.63, 3.8) is 0 Å². The summed E-state index contributed by atoms with van der Waals surface area (Å²) in [7, 11) is 1.52. The van der Waals surface area contributed by atoms with Gasteiger partial charge in [-0.1, -0.05) is 0 Å². The Kier molecular flexibility index (Phi) is 8.14. The zero-order valence-corrected chi connectivity index (χ0v) is 13.5. The van der Waals surface area contributed by atoms with E-state index < -0.39 is 23.9 Å². The molecule has 1 aliphatic rings. The van der Waals surface area contributed by atoms with Crippen LogP contribution in [0.2, 0.25) is 0 Å². The Morgan fingerprint density at radius 1 is 1.32 bits per heavy atom. The molecule has 1 saturated heterocycles. The fourth-order valence-electron chi connectivity index (χ4n) is 2.41. The van der Waals surface area contributed by atoms with Crippen LogP contribution < -0.4 is 5.32 Å². The van der Waals surface area contributed by atoms with Gasteiger partial charge in [0.05, 0.1) is 11.8 Å². The second-order valence-electron chi connectivity index (χ2n) is 4.96. The molecule has 2 rings (SSSR count). The standard InChI is InChI=1S/C13H16F3N3O.2ClH/c1-19(8-9-2-4-17-5-3-9)12(20)10-6-18-7-11(10)13(14,15)16;;/h2-5,10-11,18H,6-8H2,1H3;2*1H/t10-,11-;;/m1../s1. The highest BCUT2D eigenvalue weighted by Crippen LogP contribution is 2.35. The summed E-state index contributed by atoms with van der Waals surface area (Å²) in [6, 6.07) is 3.47. The van der Waals surface area contributed by atoms with Gasteiger partial charge in [-0.05, 0) is 17.7 Å². The van der Waals surface area contributed by atoms with E-state index in [2.05, 4.69) is 10.3 Å². The molecule has 0 unspecified atom stereocenters. The number of aromatic nitrogens is 1. The van der Waals surface area contributed by atoms with Crippen molar-refractivity contribution in [2.75, 3.05) is 20.1 Å². The lowest BCUT2D eigenvalue weighted by Gasteiger charge is -2.25. The van der Waals surface area contributed by atoms with E-state index in [4.69, 9.17) is 0 Å². The predicted molar refractivity (Wildman–Crippen MR) is 81.1 cm³/mol. The number of rotatable bonds is 3. The van der Waals surface area contributed by atoms with Crippen molar-refractivity contribution in [2.24, 2.45) is 11.8 Å². The van der Waals surface area contributed by atoms with Crippen LogP contribution in [0.3, 0.4) is 0 Å². The van der Waals surface area contributed by atoms with Crippen LogP contribution in [0.15, 0.2) is 24.5 Å². The molecule has 0 saturated carbocycles. The molecule has 1 amide bonds. The zero-order chi connectivity index (χ0) is 14.8. The predicted octanol–water partition coefficient (Wildman–Crippen LogP) is 2.28. The Hall–Kier alpha value is -1.05. The largest absolute Gasteiger partial charge is 0.393 e. The molecule has 1 fully saturated rings. The van der Waals surface area contributed by atoms with Crippen LogP contribution >= 0.6 is 24.8 Å². The third kappa shape index (κ3) is 5.00. The normalized spacial score (nSPS) is 20.7. The van der Waals surface area contributed by atoms with Crippen molar-refractivity contribution in [3.8, 4) is 0 Å². The molecule has 22 heavy (non-hydrogen) atoms. The van der Waals surface area contributed by atoms with E-state index in [-0.39, 0.29) is 44.4 Å². The van der Waals surface area contributed by atoms with Crippen molar-refractivity contribution in [2.45, 2.75) is 12.7 Å². The maximum Gasteiger partial charge on any atom is 0.393 e. The second-order valence-corrected chi connectivity index (χ2v) is 4.96. The van der Waals surface area contributed by atoms with Crippen molar-refractivity contribution < 1.29 is 18.0 Å². The molecule has 0 bridgehead atoms. The van der Waals surface area contributed by atoms with E-state index in [1.54, 1.807) is 24.5 Å². The second kappa shape index (κ2) is 8.55. The monoisotopic (exact) mass is 359 g/mol. The fourth-order valence-corrected chi connectivity index (χ4v) is 2.41. The molecule has 1 N–H and O–H groups in total. The molecule has 126 valence electrons. The van der Waals surface area contributed by atoms with Gasteiger partial charge in [-0.3, -0.25) is 9.78 Å². The maximum absolute atomic E-state index is 12.8. The lowest BCUT2D eigenvalue weighted by Crippen LogP contribution is -2.40. The van der Waals surface area contributed by atoms with Crippen molar-refractivity contribution >= 4 is 30.7 Å². The van der Waals surface area contributed by atoms with Crippen LogP contribution in [0.4, 0.5) is 13.2 Å². The summed E-state index contributed by atoms with van der Waals surface area (Å²) in [5.74, 6) is -3.12. The van der Waals surface area contributed by atoms with E-state index in [9.17, 15) is 18.0 Å². The van der Waals surface area contributed by atoms with Gasteiger partial charge in [0.1, 0.15) is 0 Å². The molecule has 1 aliphatic heterocycles. The van der Waals surface area contributed by atoms with Gasteiger partial charge in [0, 0.05) is 39.1 Å². The van der Waals surface area contributed by atoms with Crippen molar-refractivity contribution in [1.29, 1.82) is 0 Å². The average molecular weight is 360 g/mol. The molecular formula is C13H18Cl2F3N3O. The Bertz CT molecular complexity index is 473. The minimum absolute atomic E-state index is 0. The summed E-state index contributed by atoms with van der Waals surface area (Å²) in [6.07, 6.45) is -1.17. The number of amides is 1. The number of carbonyl (C=O) groups excluding carboxylic acids is 1. The van der Waals surface area contributed by atoms with Gasteiger partial charge in [0.15, 0.2) is 0 Å². The van der Waals surface area contributed by atoms with Crippen LogP contribution in [0.1, 0.15) is 5.56 Å². The third-order valence-electron chi connectivity index (χ3n) is 3.50. The first-order chi connectivity index (χ1) is 9.39. The molecule has 0 radical (unpaired) electrons. The number of nitrogens with one attached hydrogen (secondary N) is 1. The molecule has 9 heteroatoms. The number of halogens is 5. The lowest BCUT2D eigenvalue weighted by atomic mass is 9.94. The first-order valence-electron chi connectivity index (χ1n) is 6.31. The third-order valence-corrected chi connectivity index (χ3v) is 3.50. The van der Waals surface area contributed by atoms with Gasteiger partial charge in [0.2, 0.25) is 5.91 Å². The van der Waals surface area contributed by atoms with Crippen molar-refractivity contribution in [1.82, 2.24) is 15.2 Å². The van der Waals surface area contributed by atoms with Gasteiger partial charge < -0.3 is 10.2 Å². The highest BCUT2D eigenvalue weighted by molar-refractivity contribution is 5.85. The Labute approximate surface area is 139 Å². The highest BCUT2D eigenvalue weighted by Gasteiger charge is 2.50. The SMILES string of the molecule is CN(Cc1ccncc1)C(=O)[C@@H]1CNC[C@H]1C(F)(F)F.Cl.Cl. The van der Waals surface area contributed by atoms with Gasteiger partial charge in [0.25, 0.3) is 0 Å². The van der Waals surface area contributed by atoms with Gasteiger partial charge in [-0.15, -0.1) is 24.8 Å². The van der Waals surface area contributed by atoms with Gasteiger partial charge >= 0.3 is 6.18 Å². The summed E-state index contributed by atoms with van der Waals surface area (Å²) in [5.41, 5.74) is 0.838. The van der Waals surface area contributed by atoms with Gasteiger partial charge in [-0.25, -0.2) is 0 Å². The molecule has 0 spiro atoms. The minimum atomic E-state index is -4.35. The Balaban J connectivity index is 0.00000220. The zero-order valence-electron chi connectivity index (χ0n) is 11.8. The van der Waals surface area contributed by atoms with Crippen LogP contribution in [0.5, 0.6) is 0 Å². The van der Waals surface area contributed by atoms with Gasteiger partial charge in [-0.2, -0.15) is 13.2 Å². The molecule has 1 aromatic rings. The Morgan fingerprint density at radius 2 is 1.91 bits per heavy atom. The van der Waals surface area contributed by atoms with Crippen LogP contribution in [-0.2, 0) is 11.3 Å². The quantitative estimate of drug-likeness (QED) is 0.900. The molecule has 0 aliphatic carbocycles. The first-order valence-corrected chi connectivity index (χ1v) is 6.31. The molecule has 0 aromatic carbocycles. The topological polar surface area (TPSA) is 45.2 Å². The number of carbonyl (C=O) groups is 1. The van der Waals surface area contributed by atoms with E-state index in [0.717, 1.165) is 5.56 Å². The van der Waals surface area contributed by atoms with Crippen LogP contribution in [0.25, 0.3) is 0 Å². The molecule has 2 heterocycles. The lowest BCUT2D eigenvalue weighted by molar-refractivity contribution is -0.184. The van der Waals surface area contributed by atoms with Crippen molar-refractivity contribution in [3.05, 3.63) is 30.1 Å². The van der Waals surface area contributed by atoms with Crippen LogP contribution in [0, 0.1) is 11.8 Å². The maximum atomic E-state index is 12.8. The molecule has 1 aromatic heterocycles. The summed E-state index contributed by atoms with van der Waals surface area (Å²) < 4.78 is 38.5. The summed E-state index contributed by atoms with van der Waals surface area (Å²) in [6.45, 7) is 0.162. The number of hydrogen-bond acceptors (Lipinski definition) is 3. The number of nitrogens with zero attached hydrogens (tertiary/aromatic N) is 2. The van der Waals surface area contributed by atoms with E-state index >= 15 is 0 Å². The Morgan fingerprint density at radius 3 is 2.45 bits per heavy atom. The number of hydrogen-bond donors (Lipinski definition) is 1. The van der Waals surface area contributed by atoms with E-state index in [0.29, 0.717) is 0 Å². The smallest absolute Gasteiger partial charge is 0.341 e. The fraction of sp³-hybridized carbons (Fsp3) is 0.538. The number of pyridine rings is 1. The summed E-state index contributed by atoms with van der Waals surface area (Å²) >= 11 is 0. The average Bonchev–Trinajstić information content (AvgIpc) is 2.88. The molecule has 4 nitrogen and oxygen atoms in total. The summed E-state index contributed by atoms with van der Waals surface area (Å²) in [4.78, 5) is 17.4. The number of alkyl halides is 3. The minimum Gasteiger partial charge on any atom is -0.341 e. The van der Waals surface area contributed by atoms with E-state index in [1.165, 1.54) is 11.9 Å². The molecular weight excluding hydrogens is 342 g/mol. The molecule has 2 atom stereocenters. The van der Waals surface area contributed by atoms with E-state index in [1.807, 2.05) is 0 Å². The van der Waals surface area contributed by atoms with Crippen LogP contribution in [-0.4, -0.2) is 42.1 Å². The summed E-state index contributed by atoms with van der Waals surface area (Å²) in [5, 5.41) is 2.65. The highest BCUT2D eigenvalue weighted by atomic mass is 35.5. The first kappa shape index (κ1) is 20.9.